The van der Waals surface area contributed by atoms with E-state index in [-0.39, 0.29) is 30.3 Å². The van der Waals surface area contributed by atoms with Crippen LogP contribution in [0.1, 0.15) is 42.2 Å². The molecule has 2 aromatic rings. The minimum absolute atomic E-state index is 0.0251. The quantitative estimate of drug-likeness (QED) is 0.790. The number of anilines is 1. The SMILES string of the molecule is CCC(=O)Nc1ccc(C(C)NC(=O)CN(C)C(=O)c2ccccc2)cc1. The summed E-state index contributed by atoms with van der Waals surface area (Å²) in [5, 5.41) is 5.67. The Bertz CT molecular complexity index is 788. The number of carbonyl (C=O) groups is 3. The fourth-order valence-corrected chi connectivity index (χ4v) is 2.56. The van der Waals surface area contributed by atoms with Crippen molar-refractivity contribution in [1.82, 2.24) is 10.2 Å². The van der Waals surface area contributed by atoms with Crippen LogP contribution in [0.15, 0.2) is 54.6 Å². The summed E-state index contributed by atoms with van der Waals surface area (Å²) in [6, 6.07) is 16.0. The Balaban J connectivity index is 1.89. The van der Waals surface area contributed by atoms with Crippen LogP contribution in [0.3, 0.4) is 0 Å². The monoisotopic (exact) mass is 367 g/mol. The van der Waals surface area contributed by atoms with Gasteiger partial charge in [-0.2, -0.15) is 0 Å². The molecule has 0 aliphatic heterocycles. The van der Waals surface area contributed by atoms with Gasteiger partial charge in [-0.15, -0.1) is 0 Å². The van der Waals surface area contributed by atoms with E-state index in [4.69, 9.17) is 0 Å². The Morgan fingerprint density at radius 2 is 1.59 bits per heavy atom. The van der Waals surface area contributed by atoms with Crippen LogP contribution in [0.5, 0.6) is 0 Å². The Labute approximate surface area is 159 Å². The number of nitrogens with zero attached hydrogens (tertiary/aromatic N) is 1. The smallest absolute Gasteiger partial charge is 0.254 e. The van der Waals surface area contributed by atoms with Crippen molar-refractivity contribution in [3.05, 3.63) is 65.7 Å². The third-order valence-electron chi connectivity index (χ3n) is 4.14. The molecule has 142 valence electrons. The van der Waals surface area contributed by atoms with Crippen molar-refractivity contribution in [2.24, 2.45) is 0 Å². The van der Waals surface area contributed by atoms with Crippen LogP contribution in [0.2, 0.25) is 0 Å². The van der Waals surface area contributed by atoms with E-state index in [0.29, 0.717) is 12.0 Å². The third kappa shape index (κ3) is 5.95. The maximum atomic E-state index is 12.3. The Morgan fingerprint density at radius 1 is 0.963 bits per heavy atom. The molecule has 0 heterocycles. The zero-order valence-corrected chi connectivity index (χ0v) is 15.9. The average molecular weight is 367 g/mol. The molecule has 0 fully saturated rings. The number of hydrogen-bond donors (Lipinski definition) is 2. The molecular formula is C21H25N3O3. The molecule has 2 rings (SSSR count). The highest BCUT2D eigenvalue weighted by molar-refractivity contribution is 5.96. The first-order valence-corrected chi connectivity index (χ1v) is 8.90. The number of rotatable bonds is 7. The molecule has 0 aliphatic carbocycles. The van der Waals surface area contributed by atoms with E-state index in [9.17, 15) is 14.4 Å². The van der Waals surface area contributed by atoms with E-state index in [2.05, 4.69) is 10.6 Å². The van der Waals surface area contributed by atoms with Gasteiger partial charge in [-0.05, 0) is 36.8 Å². The van der Waals surface area contributed by atoms with Crippen molar-refractivity contribution in [1.29, 1.82) is 0 Å². The standard InChI is InChI=1S/C21H25N3O3/c1-4-19(25)23-18-12-10-16(11-13-18)15(2)22-20(26)14-24(3)21(27)17-8-6-5-7-9-17/h5-13,15H,4,14H2,1-3H3,(H,22,26)(H,23,25). The van der Waals surface area contributed by atoms with Crippen molar-refractivity contribution in [2.45, 2.75) is 26.3 Å². The Morgan fingerprint density at radius 3 is 2.19 bits per heavy atom. The van der Waals surface area contributed by atoms with E-state index < -0.39 is 0 Å². The normalized spacial score (nSPS) is 11.4. The Kier molecular flexibility index (Phi) is 7.11. The zero-order chi connectivity index (χ0) is 19.8. The molecule has 0 radical (unpaired) electrons. The highest BCUT2D eigenvalue weighted by atomic mass is 16.2. The molecule has 1 unspecified atom stereocenters. The van der Waals surface area contributed by atoms with Crippen LogP contribution in [-0.2, 0) is 9.59 Å². The fourth-order valence-electron chi connectivity index (χ4n) is 2.56. The molecule has 2 N–H and O–H groups in total. The van der Waals surface area contributed by atoms with Gasteiger partial charge in [0.15, 0.2) is 0 Å². The first kappa shape index (κ1) is 20.2. The number of amides is 3. The van der Waals surface area contributed by atoms with Gasteiger partial charge in [-0.1, -0.05) is 37.3 Å². The molecule has 27 heavy (non-hydrogen) atoms. The van der Waals surface area contributed by atoms with Gasteiger partial charge >= 0.3 is 0 Å². The van der Waals surface area contributed by atoms with E-state index in [1.54, 1.807) is 50.4 Å². The molecule has 3 amide bonds. The molecule has 1 atom stereocenters. The van der Waals surface area contributed by atoms with Gasteiger partial charge < -0.3 is 15.5 Å². The summed E-state index contributed by atoms with van der Waals surface area (Å²) < 4.78 is 0. The highest BCUT2D eigenvalue weighted by Crippen LogP contribution is 2.16. The highest BCUT2D eigenvalue weighted by Gasteiger charge is 2.16. The topological polar surface area (TPSA) is 78.5 Å². The maximum Gasteiger partial charge on any atom is 0.254 e. The van der Waals surface area contributed by atoms with Crippen LogP contribution in [-0.4, -0.2) is 36.2 Å². The van der Waals surface area contributed by atoms with Gasteiger partial charge in [0.05, 0.1) is 12.6 Å². The summed E-state index contributed by atoms with van der Waals surface area (Å²) in [6.45, 7) is 3.64. The number of benzene rings is 2. The molecular weight excluding hydrogens is 342 g/mol. The summed E-state index contributed by atoms with van der Waals surface area (Å²) >= 11 is 0. The summed E-state index contributed by atoms with van der Waals surface area (Å²) in [5.74, 6) is -0.484. The van der Waals surface area contributed by atoms with E-state index in [1.807, 2.05) is 25.1 Å². The van der Waals surface area contributed by atoms with Crippen molar-refractivity contribution in [3.63, 3.8) is 0 Å². The van der Waals surface area contributed by atoms with Crippen LogP contribution in [0, 0.1) is 0 Å². The van der Waals surface area contributed by atoms with E-state index in [1.165, 1.54) is 4.90 Å². The first-order valence-electron chi connectivity index (χ1n) is 8.90. The minimum Gasteiger partial charge on any atom is -0.348 e. The van der Waals surface area contributed by atoms with Crippen LogP contribution < -0.4 is 10.6 Å². The van der Waals surface area contributed by atoms with Gasteiger partial charge in [-0.3, -0.25) is 14.4 Å². The summed E-state index contributed by atoms with van der Waals surface area (Å²) in [4.78, 5) is 37.4. The predicted octanol–water partition coefficient (Wildman–Crippen LogP) is 2.98. The number of hydrogen-bond acceptors (Lipinski definition) is 3. The summed E-state index contributed by atoms with van der Waals surface area (Å²) in [5.41, 5.74) is 2.18. The number of likely N-dealkylation sites (N-methyl/N-ethyl adjacent to an activating group) is 1. The van der Waals surface area contributed by atoms with E-state index >= 15 is 0 Å². The second kappa shape index (κ2) is 9.52. The first-order chi connectivity index (χ1) is 12.9. The molecule has 0 aliphatic rings. The summed E-state index contributed by atoms with van der Waals surface area (Å²) in [7, 11) is 1.60. The lowest BCUT2D eigenvalue weighted by molar-refractivity contribution is -0.122. The maximum absolute atomic E-state index is 12.3. The zero-order valence-electron chi connectivity index (χ0n) is 15.9. The van der Waals surface area contributed by atoms with Gasteiger partial charge in [-0.25, -0.2) is 0 Å². The molecule has 0 saturated heterocycles. The molecule has 6 heteroatoms. The minimum atomic E-state index is -0.238. The number of nitrogens with one attached hydrogen (secondary N) is 2. The second-order valence-corrected chi connectivity index (χ2v) is 6.34. The predicted molar refractivity (Wildman–Crippen MR) is 105 cm³/mol. The van der Waals surface area contributed by atoms with Crippen LogP contribution in [0.25, 0.3) is 0 Å². The Hall–Kier alpha value is -3.15. The van der Waals surface area contributed by atoms with Crippen molar-refractivity contribution in [2.75, 3.05) is 18.9 Å². The fraction of sp³-hybridized carbons (Fsp3) is 0.286. The molecule has 0 bridgehead atoms. The van der Waals surface area contributed by atoms with Crippen LogP contribution in [0.4, 0.5) is 5.69 Å². The largest absolute Gasteiger partial charge is 0.348 e. The van der Waals surface area contributed by atoms with Gasteiger partial charge in [0, 0.05) is 24.7 Å². The summed E-state index contributed by atoms with van der Waals surface area (Å²) in [6.07, 6.45) is 0.420. The van der Waals surface area contributed by atoms with Crippen molar-refractivity contribution >= 4 is 23.4 Å². The van der Waals surface area contributed by atoms with Gasteiger partial charge in [0.25, 0.3) is 5.91 Å². The lowest BCUT2D eigenvalue weighted by Crippen LogP contribution is -2.39. The van der Waals surface area contributed by atoms with E-state index in [0.717, 1.165) is 11.3 Å². The lowest BCUT2D eigenvalue weighted by atomic mass is 10.1. The van der Waals surface area contributed by atoms with Crippen LogP contribution >= 0.6 is 0 Å². The van der Waals surface area contributed by atoms with Gasteiger partial charge in [0.2, 0.25) is 11.8 Å². The molecule has 6 nitrogen and oxygen atoms in total. The molecule has 0 aromatic heterocycles. The second-order valence-electron chi connectivity index (χ2n) is 6.34. The van der Waals surface area contributed by atoms with Crippen molar-refractivity contribution in [3.8, 4) is 0 Å². The average Bonchev–Trinajstić information content (AvgIpc) is 2.68. The third-order valence-corrected chi connectivity index (χ3v) is 4.14. The molecule has 0 spiro atoms. The van der Waals surface area contributed by atoms with Gasteiger partial charge in [0.1, 0.15) is 0 Å². The lowest BCUT2D eigenvalue weighted by Gasteiger charge is -2.20. The molecule has 0 saturated carbocycles. The number of carbonyl (C=O) groups excluding carboxylic acids is 3. The van der Waals surface area contributed by atoms with Crippen molar-refractivity contribution < 1.29 is 14.4 Å². The molecule has 2 aromatic carbocycles.